The normalized spacial score (nSPS) is 10.7. The molecule has 2 N–H and O–H groups in total. The quantitative estimate of drug-likeness (QED) is 0.759. The lowest BCUT2D eigenvalue weighted by Crippen LogP contribution is -2.18. The van der Waals surface area contributed by atoms with Crippen LogP contribution in [0.2, 0.25) is 5.02 Å². The number of pyridine rings is 1. The molecule has 116 valence electrons. The Hall–Kier alpha value is -2.79. The zero-order valence-electron chi connectivity index (χ0n) is 12.2. The topological polar surface area (TPSA) is 71.3 Å². The summed E-state index contributed by atoms with van der Waals surface area (Å²) in [5.74, 6) is -0.655. The van der Waals surface area contributed by atoms with Crippen LogP contribution in [0.15, 0.2) is 53.3 Å². The Labute approximate surface area is 136 Å². The van der Waals surface area contributed by atoms with E-state index in [0.29, 0.717) is 16.5 Å². The molecule has 0 aliphatic rings. The van der Waals surface area contributed by atoms with Crippen LogP contribution in [0.25, 0.3) is 10.8 Å². The minimum atomic E-state index is -0.445. The van der Waals surface area contributed by atoms with Gasteiger partial charge >= 0.3 is 0 Å². The molecule has 0 aliphatic carbocycles. The molecule has 0 unspecified atom stereocenters. The van der Waals surface area contributed by atoms with E-state index < -0.39 is 11.5 Å². The highest BCUT2D eigenvalue weighted by molar-refractivity contribution is 6.36. The maximum Gasteiger partial charge on any atom is 0.257 e. The van der Waals surface area contributed by atoms with E-state index in [0.717, 1.165) is 4.57 Å². The Morgan fingerprint density at radius 1 is 1.13 bits per heavy atom. The van der Waals surface area contributed by atoms with Gasteiger partial charge in [-0.15, -0.1) is 0 Å². The number of para-hydroxylation sites is 1. The summed E-state index contributed by atoms with van der Waals surface area (Å²) in [6.45, 7) is 0. The van der Waals surface area contributed by atoms with Crippen LogP contribution < -0.4 is 10.9 Å². The Bertz CT molecular complexity index is 965. The van der Waals surface area contributed by atoms with Gasteiger partial charge in [-0.25, -0.2) is 0 Å². The lowest BCUT2D eigenvalue weighted by molar-refractivity contribution is 0.102. The molecular formula is C17H13ClN2O3. The Kier molecular flexibility index (Phi) is 3.80. The number of carbonyl (C=O) groups is 1. The van der Waals surface area contributed by atoms with E-state index >= 15 is 0 Å². The molecule has 0 atom stereocenters. The van der Waals surface area contributed by atoms with Crippen molar-refractivity contribution < 1.29 is 9.90 Å². The van der Waals surface area contributed by atoms with E-state index in [1.54, 1.807) is 30.3 Å². The van der Waals surface area contributed by atoms with Crippen molar-refractivity contribution in [3.8, 4) is 5.88 Å². The number of aromatic nitrogens is 1. The molecule has 2 aromatic carbocycles. The number of nitrogens with one attached hydrogen (secondary N) is 1. The number of hydrogen-bond acceptors (Lipinski definition) is 3. The average Bonchev–Trinajstić information content (AvgIpc) is 2.53. The fraction of sp³-hybridized carbons (Fsp3) is 0.0588. The maximum absolute atomic E-state index is 12.6. The smallest absolute Gasteiger partial charge is 0.257 e. The van der Waals surface area contributed by atoms with Crippen LogP contribution in [-0.4, -0.2) is 15.6 Å². The van der Waals surface area contributed by atoms with Crippen molar-refractivity contribution in [2.24, 2.45) is 7.05 Å². The van der Waals surface area contributed by atoms with Gasteiger partial charge in [-0.3, -0.25) is 14.2 Å². The summed E-state index contributed by atoms with van der Waals surface area (Å²) in [5, 5.41) is 13.7. The Morgan fingerprint density at radius 3 is 2.52 bits per heavy atom. The number of fused-ring (bicyclic) bond motifs is 1. The molecule has 1 heterocycles. The van der Waals surface area contributed by atoms with Crippen molar-refractivity contribution in [2.75, 3.05) is 5.32 Å². The van der Waals surface area contributed by atoms with Crippen molar-refractivity contribution in [3.63, 3.8) is 0 Å². The first-order chi connectivity index (χ1) is 11.0. The van der Waals surface area contributed by atoms with E-state index in [2.05, 4.69) is 5.32 Å². The number of anilines is 1. The van der Waals surface area contributed by atoms with E-state index in [1.807, 2.05) is 6.07 Å². The molecule has 0 saturated carbocycles. The highest BCUT2D eigenvalue weighted by atomic mass is 35.5. The lowest BCUT2D eigenvalue weighted by Gasteiger charge is -2.12. The number of hydrogen-bond donors (Lipinski definition) is 2. The van der Waals surface area contributed by atoms with E-state index in [1.165, 1.54) is 19.2 Å². The second kappa shape index (κ2) is 5.78. The fourth-order valence-electron chi connectivity index (χ4n) is 2.39. The molecule has 3 aromatic rings. The number of nitrogens with zero attached hydrogens (tertiary/aromatic N) is 1. The standard InChI is InChI=1S/C17H13ClN2O3/c1-20-14(21)9-12-11(17(20)23)7-8-13(18)15(12)16(22)19-10-5-3-2-4-6-10/h2-9,23H,1H3,(H,19,22). The Balaban J connectivity index is 2.18. The first kappa shape index (κ1) is 15.1. The van der Waals surface area contributed by atoms with Gasteiger partial charge < -0.3 is 10.4 Å². The molecule has 0 aliphatic heterocycles. The predicted molar refractivity (Wildman–Crippen MR) is 90.3 cm³/mol. The number of halogens is 1. The molecule has 1 amide bonds. The monoisotopic (exact) mass is 328 g/mol. The summed E-state index contributed by atoms with van der Waals surface area (Å²) in [5.41, 5.74) is 0.339. The van der Waals surface area contributed by atoms with E-state index in [9.17, 15) is 14.7 Å². The van der Waals surface area contributed by atoms with Gasteiger partial charge in [-0.2, -0.15) is 0 Å². The highest BCUT2D eigenvalue weighted by Crippen LogP contribution is 2.30. The second-order valence-electron chi connectivity index (χ2n) is 5.07. The summed E-state index contributed by atoms with van der Waals surface area (Å²) >= 11 is 6.16. The third-order valence-electron chi connectivity index (χ3n) is 3.61. The summed E-state index contributed by atoms with van der Waals surface area (Å²) in [7, 11) is 1.45. The van der Waals surface area contributed by atoms with E-state index in [4.69, 9.17) is 11.6 Å². The van der Waals surface area contributed by atoms with E-state index in [-0.39, 0.29) is 16.5 Å². The third kappa shape index (κ3) is 2.66. The summed E-state index contributed by atoms with van der Waals surface area (Å²) < 4.78 is 1.11. The van der Waals surface area contributed by atoms with Crippen LogP contribution in [-0.2, 0) is 7.05 Å². The zero-order chi connectivity index (χ0) is 16.6. The number of rotatable bonds is 2. The molecule has 1 aromatic heterocycles. The number of amides is 1. The average molecular weight is 329 g/mol. The second-order valence-corrected chi connectivity index (χ2v) is 5.48. The molecule has 23 heavy (non-hydrogen) atoms. The van der Waals surface area contributed by atoms with Crippen molar-refractivity contribution in [1.82, 2.24) is 4.57 Å². The van der Waals surface area contributed by atoms with Crippen molar-refractivity contribution in [2.45, 2.75) is 0 Å². The minimum Gasteiger partial charge on any atom is -0.494 e. The summed E-state index contributed by atoms with van der Waals surface area (Å²) in [6.07, 6.45) is 0. The highest BCUT2D eigenvalue weighted by Gasteiger charge is 2.18. The van der Waals surface area contributed by atoms with Gasteiger partial charge in [-0.05, 0) is 24.3 Å². The predicted octanol–water partition coefficient (Wildman–Crippen LogP) is 3.15. The fourth-order valence-corrected chi connectivity index (χ4v) is 2.64. The largest absolute Gasteiger partial charge is 0.494 e. The van der Waals surface area contributed by atoms with Gasteiger partial charge in [0.2, 0.25) is 5.88 Å². The van der Waals surface area contributed by atoms with Crippen molar-refractivity contribution in [3.05, 3.63) is 69.5 Å². The van der Waals surface area contributed by atoms with Gasteiger partial charge in [0.1, 0.15) is 0 Å². The number of benzene rings is 2. The molecule has 0 saturated heterocycles. The van der Waals surface area contributed by atoms with Gasteiger partial charge in [0.25, 0.3) is 11.5 Å². The molecule has 0 bridgehead atoms. The summed E-state index contributed by atoms with van der Waals surface area (Å²) in [6, 6.07) is 13.3. The van der Waals surface area contributed by atoms with Crippen LogP contribution in [0.4, 0.5) is 5.69 Å². The minimum absolute atomic E-state index is 0.154. The van der Waals surface area contributed by atoms with Crippen molar-refractivity contribution in [1.29, 1.82) is 0 Å². The van der Waals surface area contributed by atoms with Crippen LogP contribution >= 0.6 is 11.6 Å². The van der Waals surface area contributed by atoms with Crippen LogP contribution in [0, 0.1) is 0 Å². The van der Waals surface area contributed by atoms with Crippen LogP contribution in [0.1, 0.15) is 10.4 Å². The first-order valence-corrected chi connectivity index (χ1v) is 7.24. The molecule has 5 nitrogen and oxygen atoms in total. The zero-order valence-corrected chi connectivity index (χ0v) is 13.0. The van der Waals surface area contributed by atoms with Gasteiger partial charge in [0.15, 0.2) is 0 Å². The Morgan fingerprint density at radius 2 is 1.83 bits per heavy atom. The SMILES string of the molecule is Cn1c(O)c2ccc(Cl)c(C(=O)Nc3ccccc3)c2cc1=O. The van der Waals surface area contributed by atoms with Gasteiger partial charge in [0.05, 0.1) is 10.6 Å². The maximum atomic E-state index is 12.6. The van der Waals surface area contributed by atoms with Crippen LogP contribution in [0.5, 0.6) is 5.88 Å². The molecule has 0 fully saturated rings. The number of carbonyl (C=O) groups excluding carboxylic acids is 1. The third-order valence-corrected chi connectivity index (χ3v) is 3.93. The first-order valence-electron chi connectivity index (χ1n) is 6.86. The van der Waals surface area contributed by atoms with Crippen LogP contribution in [0.3, 0.4) is 0 Å². The van der Waals surface area contributed by atoms with Gasteiger partial charge in [0, 0.05) is 29.6 Å². The lowest BCUT2D eigenvalue weighted by atomic mass is 10.0. The molecule has 6 heteroatoms. The summed E-state index contributed by atoms with van der Waals surface area (Å²) in [4.78, 5) is 24.5. The van der Waals surface area contributed by atoms with Gasteiger partial charge in [-0.1, -0.05) is 29.8 Å². The molecular weight excluding hydrogens is 316 g/mol. The van der Waals surface area contributed by atoms with Crippen molar-refractivity contribution >= 4 is 34.0 Å². The molecule has 3 rings (SSSR count). The molecule has 0 radical (unpaired) electrons. The molecule has 0 spiro atoms. The number of aromatic hydroxyl groups is 1.